The van der Waals surface area contributed by atoms with Gasteiger partial charge in [-0.3, -0.25) is 4.79 Å². The molecule has 4 heteroatoms. The van der Waals surface area contributed by atoms with Crippen molar-refractivity contribution in [1.82, 2.24) is 5.32 Å². The molecule has 1 amide bonds. The Bertz CT molecular complexity index is 388. The fourth-order valence-electron chi connectivity index (χ4n) is 2.42. The van der Waals surface area contributed by atoms with Crippen LogP contribution in [0.1, 0.15) is 37.3 Å². The van der Waals surface area contributed by atoms with Crippen LogP contribution in [0.2, 0.25) is 0 Å². The van der Waals surface area contributed by atoms with Crippen molar-refractivity contribution in [2.45, 2.75) is 37.8 Å². The summed E-state index contributed by atoms with van der Waals surface area (Å²) in [5, 5.41) is 3.09. The lowest BCUT2D eigenvalue weighted by molar-refractivity contribution is -0.122. The first-order valence-corrected chi connectivity index (χ1v) is 6.97. The van der Waals surface area contributed by atoms with Crippen molar-refractivity contribution >= 4 is 5.91 Å². The fourth-order valence-corrected chi connectivity index (χ4v) is 2.42. The summed E-state index contributed by atoms with van der Waals surface area (Å²) in [6, 6.07) is 9.98. The molecule has 0 aliphatic carbocycles. The van der Waals surface area contributed by atoms with Crippen LogP contribution in [0.25, 0.3) is 0 Å². The van der Waals surface area contributed by atoms with E-state index in [9.17, 15) is 4.79 Å². The molecule has 1 aliphatic heterocycles. The highest BCUT2D eigenvalue weighted by Crippen LogP contribution is 2.26. The van der Waals surface area contributed by atoms with E-state index < -0.39 is 0 Å². The molecule has 3 N–H and O–H groups in total. The number of hydrogen-bond acceptors (Lipinski definition) is 3. The molecule has 1 aromatic carbocycles. The molecule has 2 rings (SSSR count). The van der Waals surface area contributed by atoms with Crippen LogP contribution in [0.15, 0.2) is 30.3 Å². The van der Waals surface area contributed by atoms with Crippen molar-refractivity contribution in [2.75, 3.05) is 13.2 Å². The van der Waals surface area contributed by atoms with Gasteiger partial charge < -0.3 is 15.8 Å². The highest BCUT2D eigenvalue weighted by molar-refractivity contribution is 5.76. The second-order valence-corrected chi connectivity index (χ2v) is 4.90. The molecular formula is C15H22N2O2. The Morgan fingerprint density at radius 1 is 1.42 bits per heavy atom. The molecule has 0 radical (unpaired) electrons. The van der Waals surface area contributed by atoms with Gasteiger partial charge in [-0.25, -0.2) is 0 Å². The summed E-state index contributed by atoms with van der Waals surface area (Å²) in [4.78, 5) is 11.9. The molecule has 2 unspecified atom stereocenters. The molecular weight excluding hydrogens is 240 g/mol. The Kier molecular flexibility index (Phi) is 5.36. The highest BCUT2D eigenvalue weighted by atomic mass is 16.5. The van der Waals surface area contributed by atoms with Crippen LogP contribution in [-0.2, 0) is 9.53 Å². The first-order valence-electron chi connectivity index (χ1n) is 6.97. The minimum atomic E-state index is -0.0472. The number of ether oxygens (including phenoxy) is 1. The summed E-state index contributed by atoms with van der Waals surface area (Å²) in [5.74, 6) is 0.0507. The van der Waals surface area contributed by atoms with Crippen molar-refractivity contribution < 1.29 is 9.53 Å². The van der Waals surface area contributed by atoms with E-state index in [4.69, 9.17) is 10.5 Å². The normalized spacial score (nSPS) is 20.2. The summed E-state index contributed by atoms with van der Waals surface area (Å²) in [7, 11) is 0. The molecule has 2 atom stereocenters. The van der Waals surface area contributed by atoms with Crippen LogP contribution in [0.5, 0.6) is 0 Å². The van der Waals surface area contributed by atoms with E-state index in [1.807, 2.05) is 30.3 Å². The van der Waals surface area contributed by atoms with Crippen LogP contribution < -0.4 is 11.1 Å². The number of rotatable bonds is 6. The number of carbonyl (C=O) groups is 1. The molecule has 0 aromatic heterocycles. The number of hydrogen-bond donors (Lipinski definition) is 2. The van der Waals surface area contributed by atoms with Crippen molar-refractivity contribution in [3.8, 4) is 0 Å². The van der Waals surface area contributed by atoms with Crippen LogP contribution in [0, 0.1) is 0 Å². The van der Waals surface area contributed by atoms with Gasteiger partial charge in [-0.2, -0.15) is 0 Å². The van der Waals surface area contributed by atoms with E-state index in [0.29, 0.717) is 13.0 Å². The van der Waals surface area contributed by atoms with Crippen molar-refractivity contribution in [1.29, 1.82) is 0 Å². The molecule has 19 heavy (non-hydrogen) atoms. The third-order valence-corrected chi connectivity index (χ3v) is 3.42. The maximum atomic E-state index is 11.9. The van der Waals surface area contributed by atoms with Gasteiger partial charge in [0.15, 0.2) is 0 Å². The topological polar surface area (TPSA) is 64.4 Å². The Labute approximate surface area is 114 Å². The van der Waals surface area contributed by atoms with E-state index in [2.05, 4.69) is 5.32 Å². The average Bonchev–Trinajstić information content (AvgIpc) is 2.97. The zero-order valence-corrected chi connectivity index (χ0v) is 11.2. The largest absolute Gasteiger partial charge is 0.376 e. The highest BCUT2D eigenvalue weighted by Gasteiger charge is 2.28. The molecule has 1 aromatic rings. The predicted molar refractivity (Wildman–Crippen MR) is 74.6 cm³/mol. The van der Waals surface area contributed by atoms with Crippen LogP contribution in [-0.4, -0.2) is 25.2 Å². The van der Waals surface area contributed by atoms with Gasteiger partial charge in [-0.05, 0) is 31.4 Å². The van der Waals surface area contributed by atoms with Gasteiger partial charge in [0.1, 0.15) is 0 Å². The lowest BCUT2D eigenvalue weighted by Crippen LogP contribution is -2.36. The van der Waals surface area contributed by atoms with Gasteiger partial charge in [0, 0.05) is 13.0 Å². The average molecular weight is 262 g/mol. The third-order valence-electron chi connectivity index (χ3n) is 3.42. The molecule has 1 saturated heterocycles. The summed E-state index contributed by atoms with van der Waals surface area (Å²) < 4.78 is 5.74. The lowest BCUT2D eigenvalue weighted by Gasteiger charge is -2.24. The van der Waals surface area contributed by atoms with E-state index in [1.54, 1.807) is 0 Å². The first kappa shape index (κ1) is 14.0. The molecule has 0 spiro atoms. The number of nitrogens with one attached hydrogen (secondary N) is 1. The lowest BCUT2D eigenvalue weighted by atomic mass is 9.99. The summed E-state index contributed by atoms with van der Waals surface area (Å²) in [6.45, 7) is 1.33. The minimum Gasteiger partial charge on any atom is -0.376 e. The van der Waals surface area contributed by atoms with Gasteiger partial charge in [-0.15, -0.1) is 0 Å². The predicted octanol–water partition coefficient (Wildman–Crippen LogP) is 1.76. The first-order chi connectivity index (χ1) is 9.31. The van der Waals surface area contributed by atoms with Gasteiger partial charge >= 0.3 is 0 Å². The minimum absolute atomic E-state index is 0.0472. The van der Waals surface area contributed by atoms with Gasteiger partial charge in [0.05, 0.1) is 12.1 Å². The molecule has 1 fully saturated rings. The number of nitrogens with two attached hydrogens (primary N) is 1. The quantitative estimate of drug-likeness (QED) is 0.821. The van der Waals surface area contributed by atoms with Gasteiger partial charge in [0.25, 0.3) is 0 Å². The summed E-state index contributed by atoms with van der Waals surface area (Å²) >= 11 is 0. The fraction of sp³-hybridized carbons (Fsp3) is 0.533. The molecule has 1 aliphatic rings. The molecule has 1 heterocycles. The van der Waals surface area contributed by atoms with Crippen LogP contribution >= 0.6 is 0 Å². The van der Waals surface area contributed by atoms with Crippen molar-refractivity contribution in [2.24, 2.45) is 5.73 Å². The Morgan fingerprint density at radius 2 is 2.21 bits per heavy atom. The number of benzene rings is 1. The smallest absolute Gasteiger partial charge is 0.220 e. The monoisotopic (exact) mass is 262 g/mol. The van der Waals surface area contributed by atoms with E-state index in [0.717, 1.165) is 31.4 Å². The maximum absolute atomic E-state index is 11.9. The zero-order chi connectivity index (χ0) is 13.5. The summed E-state index contributed by atoms with van der Waals surface area (Å²) in [5.41, 5.74) is 6.54. The second-order valence-electron chi connectivity index (χ2n) is 4.90. The van der Waals surface area contributed by atoms with E-state index in [1.165, 1.54) is 0 Å². The van der Waals surface area contributed by atoms with Gasteiger partial charge in [0.2, 0.25) is 5.91 Å². The second kappa shape index (κ2) is 7.26. The Balaban J connectivity index is 2.04. The Hall–Kier alpha value is -1.39. The molecule has 104 valence electrons. The molecule has 0 bridgehead atoms. The zero-order valence-electron chi connectivity index (χ0n) is 11.2. The molecule has 4 nitrogen and oxygen atoms in total. The molecule has 0 saturated carbocycles. The standard InChI is InChI=1S/C15H22N2O2/c16-10-4-9-14(18)17-15(13-8-5-11-19-13)12-6-2-1-3-7-12/h1-3,6-7,13,15H,4-5,8-11,16H2,(H,17,18). The van der Waals surface area contributed by atoms with Crippen LogP contribution in [0.4, 0.5) is 0 Å². The van der Waals surface area contributed by atoms with Crippen molar-refractivity contribution in [3.05, 3.63) is 35.9 Å². The third kappa shape index (κ3) is 4.04. The Morgan fingerprint density at radius 3 is 2.84 bits per heavy atom. The number of amides is 1. The van der Waals surface area contributed by atoms with Crippen LogP contribution in [0.3, 0.4) is 0 Å². The van der Waals surface area contributed by atoms with Gasteiger partial charge in [-0.1, -0.05) is 30.3 Å². The number of carbonyl (C=O) groups excluding carboxylic acids is 1. The van der Waals surface area contributed by atoms with E-state index >= 15 is 0 Å². The SMILES string of the molecule is NCCCC(=O)NC(c1ccccc1)C1CCCO1. The van der Waals surface area contributed by atoms with E-state index in [-0.39, 0.29) is 18.1 Å². The summed E-state index contributed by atoms with van der Waals surface area (Å²) in [6.07, 6.45) is 3.35. The maximum Gasteiger partial charge on any atom is 0.220 e. The van der Waals surface area contributed by atoms with Crippen molar-refractivity contribution in [3.63, 3.8) is 0 Å².